The van der Waals surface area contributed by atoms with Gasteiger partial charge >= 0.3 is 0 Å². The molecule has 0 radical (unpaired) electrons. The van der Waals surface area contributed by atoms with Gasteiger partial charge in [0.05, 0.1) is 13.5 Å². The summed E-state index contributed by atoms with van der Waals surface area (Å²) >= 11 is 5.97. The average molecular weight is 330 g/mol. The second-order valence-corrected chi connectivity index (χ2v) is 5.70. The molecule has 2 aromatic heterocycles. The van der Waals surface area contributed by atoms with E-state index in [1.54, 1.807) is 13.2 Å². The molecule has 0 fully saturated rings. The van der Waals surface area contributed by atoms with Crippen LogP contribution in [0.2, 0.25) is 5.15 Å². The molecule has 23 heavy (non-hydrogen) atoms. The van der Waals surface area contributed by atoms with Crippen LogP contribution in [-0.2, 0) is 6.42 Å². The normalized spacial score (nSPS) is 10.8. The van der Waals surface area contributed by atoms with Crippen LogP contribution in [0.1, 0.15) is 22.7 Å². The third kappa shape index (κ3) is 3.51. The van der Waals surface area contributed by atoms with Gasteiger partial charge in [-0.1, -0.05) is 28.9 Å². The highest BCUT2D eigenvalue weighted by Gasteiger charge is 2.11. The summed E-state index contributed by atoms with van der Waals surface area (Å²) in [7, 11) is 1.64. The summed E-state index contributed by atoms with van der Waals surface area (Å²) in [6.45, 7) is 3.88. The van der Waals surface area contributed by atoms with Crippen molar-refractivity contribution in [1.82, 2.24) is 15.1 Å². The Morgan fingerprint density at radius 3 is 2.70 bits per heavy atom. The van der Waals surface area contributed by atoms with Crippen molar-refractivity contribution in [3.05, 3.63) is 58.2 Å². The van der Waals surface area contributed by atoms with Gasteiger partial charge in [-0.05, 0) is 43.2 Å². The second-order valence-electron chi connectivity index (χ2n) is 5.31. The highest BCUT2D eigenvalue weighted by Crippen LogP contribution is 2.25. The van der Waals surface area contributed by atoms with E-state index in [1.807, 2.05) is 38.1 Å². The van der Waals surface area contributed by atoms with Crippen LogP contribution >= 0.6 is 11.6 Å². The molecule has 0 N–H and O–H groups in total. The Hall–Kier alpha value is -2.40. The van der Waals surface area contributed by atoms with E-state index in [4.69, 9.17) is 20.9 Å². The lowest BCUT2D eigenvalue weighted by Gasteiger charge is -2.04. The van der Waals surface area contributed by atoms with E-state index in [9.17, 15) is 0 Å². The molecule has 6 heteroatoms. The fourth-order valence-electron chi connectivity index (χ4n) is 2.38. The number of benzene rings is 1. The van der Waals surface area contributed by atoms with Crippen LogP contribution in [0.4, 0.5) is 0 Å². The summed E-state index contributed by atoms with van der Waals surface area (Å²) in [6, 6.07) is 9.56. The molecule has 0 aliphatic rings. The largest absolute Gasteiger partial charge is 0.496 e. The molecule has 0 unspecified atom stereocenters. The third-order valence-electron chi connectivity index (χ3n) is 3.47. The molecule has 3 rings (SSSR count). The van der Waals surface area contributed by atoms with Crippen molar-refractivity contribution in [2.24, 2.45) is 0 Å². The summed E-state index contributed by atoms with van der Waals surface area (Å²) in [6.07, 6.45) is 0.513. The van der Waals surface area contributed by atoms with Gasteiger partial charge in [-0.2, -0.15) is 4.98 Å². The second kappa shape index (κ2) is 6.38. The molecule has 2 heterocycles. The first-order valence-corrected chi connectivity index (χ1v) is 7.53. The maximum absolute atomic E-state index is 5.97. The minimum Gasteiger partial charge on any atom is -0.496 e. The van der Waals surface area contributed by atoms with Gasteiger partial charge < -0.3 is 9.26 Å². The minimum atomic E-state index is 0.461. The standard InChI is InChI=1S/C17H16ClN3O2/c1-10-4-5-13(9-14(10)22-3)17-20-16(23-21-17)8-12-6-11(2)19-15(18)7-12/h4-7,9H,8H2,1-3H3. The highest BCUT2D eigenvalue weighted by atomic mass is 35.5. The van der Waals surface area contributed by atoms with Gasteiger partial charge in [-0.15, -0.1) is 0 Å². The molecule has 0 amide bonds. The Morgan fingerprint density at radius 1 is 1.13 bits per heavy atom. The number of nitrogens with zero attached hydrogens (tertiary/aromatic N) is 3. The Balaban J connectivity index is 1.85. The number of pyridine rings is 1. The number of methoxy groups -OCH3 is 1. The smallest absolute Gasteiger partial charge is 0.231 e. The van der Waals surface area contributed by atoms with Gasteiger partial charge in [0.25, 0.3) is 0 Å². The van der Waals surface area contributed by atoms with E-state index in [2.05, 4.69) is 15.1 Å². The molecule has 0 bridgehead atoms. The summed E-state index contributed by atoms with van der Waals surface area (Å²) in [5.74, 6) is 1.86. The van der Waals surface area contributed by atoms with Crippen molar-refractivity contribution in [1.29, 1.82) is 0 Å². The molecule has 0 aliphatic heterocycles. The number of ether oxygens (including phenoxy) is 1. The molecule has 0 spiro atoms. The zero-order valence-electron chi connectivity index (χ0n) is 13.1. The van der Waals surface area contributed by atoms with Crippen LogP contribution in [0.25, 0.3) is 11.4 Å². The van der Waals surface area contributed by atoms with Crippen molar-refractivity contribution in [3.63, 3.8) is 0 Å². The van der Waals surface area contributed by atoms with Crippen molar-refractivity contribution in [3.8, 4) is 17.1 Å². The lowest BCUT2D eigenvalue weighted by Crippen LogP contribution is -1.92. The monoisotopic (exact) mass is 329 g/mol. The molecular weight excluding hydrogens is 314 g/mol. The lowest BCUT2D eigenvalue weighted by molar-refractivity contribution is 0.385. The van der Waals surface area contributed by atoms with E-state index in [0.717, 1.165) is 28.1 Å². The average Bonchev–Trinajstić information content (AvgIpc) is 2.95. The maximum atomic E-state index is 5.97. The van der Waals surface area contributed by atoms with Gasteiger partial charge in [0.1, 0.15) is 10.9 Å². The maximum Gasteiger partial charge on any atom is 0.231 e. The van der Waals surface area contributed by atoms with E-state index in [0.29, 0.717) is 23.3 Å². The van der Waals surface area contributed by atoms with E-state index >= 15 is 0 Å². The van der Waals surface area contributed by atoms with Crippen LogP contribution in [0.5, 0.6) is 5.75 Å². The SMILES string of the molecule is COc1cc(-c2noc(Cc3cc(C)nc(Cl)c3)n2)ccc1C. The molecule has 0 saturated heterocycles. The van der Waals surface area contributed by atoms with Crippen molar-refractivity contribution in [2.45, 2.75) is 20.3 Å². The Kier molecular flexibility index (Phi) is 4.30. The first-order chi connectivity index (χ1) is 11.0. The Labute approximate surface area is 139 Å². The van der Waals surface area contributed by atoms with Crippen LogP contribution in [0, 0.1) is 13.8 Å². The molecular formula is C17H16ClN3O2. The Bertz CT molecular complexity index is 825. The van der Waals surface area contributed by atoms with Gasteiger partial charge in [-0.3, -0.25) is 0 Å². The first kappa shape index (κ1) is 15.5. The highest BCUT2D eigenvalue weighted by molar-refractivity contribution is 6.29. The quantitative estimate of drug-likeness (QED) is 0.677. The number of aryl methyl sites for hydroxylation is 2. The predicted molar refractivity (Wildman–Crippen MR) is 87.8 cm³/mol. The molecule has 0 aliphatic carbocycles. The molecule has 1 aromatic carbocycles. The summed E-state index contributed by atoms with van der Waals surface area (Å²) in [4.78, 5) is 8.58. The number of rotatable bonds is 4. The number of aromatic nitrogens is 3. The number of hydrogen-bond donors (Lipinski definition) is 0. The van der Waals surface area contributed by atoms with Crippen molar-refractivity contribution < 1.29 is 9.26 Å². The van der Waals surface area contributed by atoms with Gasteiger partial charge in [0, 0.05) is 11.3 Å². The molecule has 5 nitrogen and oxygen atoms in total. The summed E-state index contributed by atoms with van der Waals surface area (Å²) in [5.41, 5.74) is 3.75. The van der Waals surface area contributed by atoms with Gasteiger partial charge in [0.15, 0.2) is 0 Å². The van der Waals surface area contributed by atoms with Crippen LogP contribution < -0.4 is 4.74 Å². The fourth-order valence-corrected chi connectivity index (χ4v) is 2.65. The van der Waals surface area contributed by atoms with Gasteiger partial charge in [-0.25, -0.2) is 4.98 Å². The zero-order chi connectivity index (χ0) is 16.4. The van der Waals surface area contributed by atoms with Crippen LogP contribution in [0.15, 0.2) is 34.9 Å². The summed E-state index contributed by atoms with van der Waals surface area (Å²) < 4.78 is 10.7. The van der Waals surface area contributed by atoms with Crippen LogP contribution in [-0.4, -0.2) is 22.2 Å². The zero-order valence-corrected chi connectivity index (χ0v) is 13.9. The molecule has 3 aromatic rings. The lowest BCUT2D eigenvalue weighted by atomic mass is 10.1. The molecule has 0 atom stereocenters. The van der Waals surface area contributed by atoms with Crippen LogP contribution in [0.3, 0.4) is 0 Å². The molecule has 118 valence electrons. The van der Waals surface area contributed by atoms with E-state index < -0.39 is 0 Å². The van der Waals surface area contributed by atoms with E-state index in [1.165, 1.54) is 0 Å². The fraction of sp³-hybridized carbons (Fsp3) is 0.235. The van der Waals surface area contributed by atoms with E-state index in [-0.39, 0.29) is 0 Å². The van der Waals surface area contributed by atoms with Crippen molar-refractivity contribution in [2.75, 3.05) is 7.11 Å². The van der Waals surface area contributed by atoms with Gasteiger partial charge in [0.2, 0.25) is 11.7 Å². The molecule has 0 saturated carbocycles. The number of hydrogen-bond acceptors (Lipinski definition) is 5. The minimum absolute atomic E-state index is 0.461. The van der Waals surface area contributed by atoms with Crippen molar-refractivity contribution >= 4 is 11.6 Å². The topological polar surface area (TPSA) is 61.0 Å². The number of halogens is 1. The third-order valence-corrected chi connectivity index (χ3v) is 3.67. The Morgan fingerprint density at radius 2 is 1.96 bits per heavy atom. The summed E-state index contributed by atoms with van der Waals surface area (Å²) in [5, 5.41) is 4.50. The first-order valence-electron chi connectivity index (χ1n) is 7.16. The predicted octanol–water partition coefficient (Wildman–Crippen LogP) is 4.00.